The van der Waals surface area contributed by atoms with Crippen molar-refractivity contribution in [3.05, 3.63) is 63.5 Å². The minimum Gasteiger partial charge on any atom is -0.477 e. The van der Waals surface area contributed by atoms with Gasteiger partial charge >= 0.3 is 18.2 Å². The van der Waals surface area contributed by atoms with Crippen LogP contribution in [-0.4, -0.2) is 63.7 Å². The van der Waals surface area contributed by atoms with Gasteiger partial charge in [0.25, 0.3) is 0 Å². The minimum absolute atomic E-state index is 0.0186. The van der Waals surface area contributed by atoms with Crippen LogP contribution < -0.4 is 16.1 Å². The molecular weight excluding hydrogens is 561 g/mol. The van der Waals surface area contributed by atoms with Crippen LogP contribution in [0.15, 0.2) is 46.8 Å². The zero-order valence-corrected chi connectivity index (χ0v) is 23.4. The highest BCUT2D eigenvalue weighted by Gasteiger charge is 2.34. The topological polar surface area (TPSA) is 129 Å². The Morgan fingerprint density at radius 1 is 1.20 bits per heavy atom. The lowest BCUT2D eigenvalue weighted by atomic mass is 9.99. The van der Waals surface area contributed by atoms with E-state index < -0.39 is 34.9 Å². The number of carboxylic acids is 1. The number of pyridine rings is 2. The summed E-state index contributed by atoms with van der Waals surface area (Å²) >= 11 is 0.766. The van der Waals surface area contributed by atoms with Gasteiger partial charge in [0, 0.05) is 53.4 Å². The number of rotatable bonds is 8. The summed E-state index contributed by atoms with van der Waals surface area (Å²) in [4.78, 5) is 47.2. The van der Waals surface area contributed by atoms with E-state index in [0.29, 0.717) is 29.7 Å². The van der Waals surface area contributed by atoms with Gasteiger partial charge in [0.1, 0.15) is 16.4 Å². The van der Waals surface area contributed by atoms with Gasteiger partial charge < -0.3 is 19.9 Å². The van der Waals surface area contributed by atoms with E-state index in [9.17, 15) is 32.7 Å². The Hall–Kier alpha value is -4.30. The number of halogens is 3. The van der Waals surface area contributed by atoms with Crippen molar-refractivity contribution in [2.24, 2.45) is 0 Å². The number of aromatic nitrogens is 3. The lowest BCUT2D eigenvalue weighted by molar-refractivity contribution is -0.140. The van der Waals surface area contributed by atoms with Crippen molar-refractivity contribution in [1.29, 1.82) is 0 Å². The Bertz CT molecular complexity index is 1680. The number of likely N-dealkylation sites (N-methyl/N-ethyl adjacent to an activating group) is 1. The third-order valence-corrected chi connectivity index (χ3v) is 7.06. The molecule has 0 spiro atoms. The van der Waals surface area contributed by atoms with Gasteiger partial charge in [-0.1, -0.05) is 6.07 Å². The fourth-order valence-corrected chi connectivity index (χ4v) is 5.29. The zero-order valence-electron chi connectivity index (χ0n) is 22.5. The van der Waals surface area contributed by atoms with Crippen LogP contribution in [0.25, 0.3) is 32.6 Å². The summed E-state index contributed by atoms with van der Waals surface area (Å²) in [6.07, 6.45) is -1.97. The SMILES string of the molecule is CCNC(=O)Nc1cc(-c2nc(C(F)(F)F)cs2)c(-c2ccc3c(c2)c(=O)c(C(=O)O)cn3C(C)CN(C)C)cn1. The predicted octanol–water partition coefficient (Wildman–Crippen LogP) is 5.17. The maximum Gasteiger partial charge on any atom is 0.434 e. The molecule has 4 rings (SSSR count). The van der Waals surface area contributed by atoms with Gasteiger partial charge in [-0.15, -0.1) is 11.3 Å². The number of carbonyl (C=O) groups is 2. The van der Waals surface area contributed by atoms with Crippen LogP contribution in [0.1, 0.15) is 35.9 Å². The number of carboxylic acid groups (broad SMARTS) is 1. The number of hydrogen-bond donors (Lipinski definition) is 3. The molecule has 0 aliphatic heterocycles. The van der Waals surface area contributed by atoms with Crippen molar-refractivity contribution in [2.45, 2.75) is 26.1 Å². The average Bonchev–Trinajstić information content (AvgIpc) is 3.39. The highest BCUT2D eigenvalue weighted by molar-refractivity contribution is 7.13. The molecule has 1 unspecified atom stereocenters. The molecule has 0 radical (unpaired) electrons. The Kier molecular flexibility index (Phi) is 8.44. The van der Waals surface area contributed by atoms with Gasteiger partial charge in [-0.05, 0) is 51.7 Å². The minimum atomic E-state index is -4.66. The van der Waals surface area contributed by atoms with Crippen molar-refractivity contribution in [3.63, 3.8) is 0 Å². The highest BCUT2D eigenvalue weighted by Crippen LogP contribution is 2.39. The van der Waals surface area contributed by atoms with E-state index in [1.807, 2.05) is 25.9 Å². The van der Waals surface area contributed by atoms with Gasteiger partial charge in [0.15, 0.2) is 5.69 Å². The van der Waals surface area contributed by atoms with Gasteiger partial charge in [-0.25, -0.2) is 19.6 Å². The van der Waals surface area contributed by atoms with Gasteiger partial charge in [0.2, 0.25) is 5.43 Å². The van der Waals surface area contributed by atoms with Crippen molar-refractivity contribution in [1.82, 2.24) is 24.8 Å². The Balaban J connectivity index is 1.93. The molecule has 14 heteroatoms. The third kappa shape index (κ3) is 6.38. The number of benzene rings is 1. The molecular formula is C27H27F3N6O4S. The molecule has 0 fully saturated rings. The van der Waals surface area contributed by atoms with E-state index in [2.05, 4.69) is 20.6 Å². The summed E-state index contributed by atoms with van der Waals surface area (Å²) in [6, 6.07) is 5.50. The molecule has 0 aliphatic carbocycles. The van der Waals surface area contributed by atoms with Gasteiger partial charge in [-0.3, -0.25) is 10.1 Å². The molecule has 0 bridgehead atoms. The van der Waals surface area contributed by atoms with Crippen molar-refractivity contribution in [3.8, 4) is 21.7 Å². The number of nitrogens with zero attached hydrogens (tertiary/aromatic N) is 4. The second-order valence-electron chi connectivity index (χ2n) is 9.56. The van der Waals surface area contributed by atoms with E-state index >= 15 is 0 Å². The Labute approximate surface area is 236 Å². The quantitative estimate of drug-likeness (QED) is 0.259. The summed E-state index contributed by atoms with van der Waals surface area (Å²) in [5, 5.41) is 15.8. The van der Waals surface area contributed by atoms with E-state index in [1.165, 1.54) is 24.5 Å². The summed E-state index contributed by atoms with van der Waals surface area (Å²) in [5.41, 5.74) is -0.696. The van der Waals surface area contributed by atoms with Gasteiger partial charge in [-0.2, -0.15) is 13.2 Å². The fraction of sp³-hybridized carbons (Fsp3) is 0.296. The predicted molar refractivity (Wildman–Crippen MR) is 150 cm³/mol. The van der Waals surface area contributed by atoms with Gasteiger partial charge in [0.05, 0.1) is 5.52 Å². The maximum atomic E-state index is 13.4. The lowest BCUT2D eigenvalue weighted by Crippen LogP contribution is -2.28. The monoisotopic (exact) mass is 588 g/mol. The first-order chi connectivity index (χ1) is 19.3. The molecule has 41 heavy (non-hydrogen) atoms. The van der Waals surface area contributed by atoms with E-state index in [0.717, 1.165) is 16.7 Å². The van der Waals surface area contributed by atoms with Crippen LogP contribution in [0.4, 0.5) is 23.8 Å². The normalized spacial score (nSPS) is 12.5. The molecule has 0 saturated carbocycles. The third-order valence-electron chi connectivity index (χ3n) is 6.19. The Morgan fingerprint density at radius 2 is 1.93 bits per heavy atom. The molecule has 1 atom stereocenters. The number of amides is 2. The van der Waals surface area contributed by atoms with Crippen LogP contribution in [-0.2, 0) is 6.18 Å². The van der Waals surface area contributed by atoms with E-state index in [4.69, 9.17) is 0 Å². The molecule has 216 valence electrons. The number of aromatic carboxylic acids is 1. The van der Waals surface area contributed by atoms with Crippen LogP contribution in [0, 0.1) is 0 Å². The number of hydrogen-bond acceptors (Lipinski definition) is 7. The molecule has 3 heterocycles. The first-order valence-corrected chi connectivity index (χ1v) is 13.3. The van der Waals surface area contributed by atoms with Crippen LogP contribution in [0.3, 0.4) is 0 Å². The molecule has 1 aromatic carbocycles. The molecule has 0 aliphatic rings. The van der Waals surface area contributed by atoms with Crippen molar-refractivity contribution < 1.29 is 27.9 Å². The zero-order chi connectivity index (χ0) is 30.1. The van der Waals surface area contributed by atoms with Crippen LogP contribution in [0.2, 0.25) is 0 Å². The number of carbonyl (C=O) groups excluding carboxylic acids is 1. The molecule has 2 amide bonds. The standard InChI is InChI=1S/C27H27F3N6O4S/c1-5-31-26(40)34-22-9-16(24-33-21(13-41-24)27(28,29)30)18(10-32-22)15-6-7-20-17(8-15)23(37)19(25(38)39)12-36(20)14(2)11-35(3)4/h6-10,12-14H,5,11H2,1-4H3,(H,38,39)(H2,31,32,34,40). The highest BCUT2D eigenvalue weighted by atomic mass is 32.1. The van der Waals surface area contributed by atoms with Crippen molar-refractivity contribution in [2.75, 3.05) is 32.5 Å². The largest absolute Gasteiger partial charge is 0.477 e. The summed E-state index contributed by atoms with van der Waals surface area (Å²) in [6.45, 7) is 4.53. The lowest BCUT2D eigenvalue weighted by Gasteiger charge is -2.23. The average molecular weight is 589 g/mol. The summed E-state index contributed by atoms with van der Waals surface area (Å²) in [7, 11) is 3.75. The number of nitrogens with one attached hydrogen (secondary N) is 2. The molecule has 4 aromatic rings. The first kappa shape index (κ1) is 29.7. The Morgan fingerprint density at radius 3 is 2.54 bits per heavy atom. The molecule has 10 nitrogen and oxygen atoms in total. The smallest absolute Gasteiger partial charge is 0.434 e. The summed E-state index contributed by atoms with van der Waals surface area (Å²) in [5.74, 6) is -1.30. The van der Waals surface area contributed by atoms with E-state index in [1.54, 1.807) is 23.6 Å². The van der Waals surface area contributed by atoms with Crippen molar-refractivity contribution >= 4 is 40.1 Å². The number of urea groups is 1. The number of fused-ring (bicyclic) bond motifs is 1. The van der Waals surface area contributed by atoms with Crippen LogP contribution >= 0.6 is 11.3 Å². The fourth-order valence-electron chi connectivity index (χ4n) is 4.44. The second kappa shape index (κ2) is 11.7. The first-order valence-electron chi connectivity index (χ1n) is 12.5. The second-order valence-corrected chi connectivity index (χ2v) is 10.4. The molecule has 0 saturated heterocycles. The molecule has 3 N–H and O–H groups in total. The maximum absolute atomic E-state index is 13.4. The number of anilines is 1. The van der Waals surface area contributed by atoms with E-state index in [-0.39, 0.29) is 27.8 Å². The number of alkyl halides is 3. The summed E-state index contributed by atoms with van der Waals surface area (Å²) < 4.78 is 41.8. The number of thiazole rings is 1. The molecule has 3 aromatic heterocycles. The van der Waals surface area contributed by atoms with Crippen LogP contribution in [0.5, 0.6) is 0 Å².